The molecule has 3 saturated heterocycles. The van der Waals surface area contributed by atoms with Gasteiger partial charge in [0.15, 0.2) is 24.8 Å². The highest BCUT2D eigenvalue weighted by atomic mass is 16.7. The third-order valence-corrected chi connectivity index (χ3v) is 10.2. The standard InChI is InChI=1S/C29H48O18/c1-9(31)42-8-19-22(37)24(39)26(41)28(47-19)44-16-5-11(32)4-15-12(16)6-17(27(43-15)10-2-13(33)20(35)14(34)3-10)45-29-25(40)23(38)21(36)18(7-30)46-29/h10-30,32-41H,2-8H2,1H3/p+1. The molecule has 18 heteroatoms. The van der Waals surface area contributed by atoms with Crippen LogP contribution in [0.2, 0.25) is 0 Å². The van der Waals surface area contributed by atoms with E-state index in [0.717, 1.165) is 6.92 Å². The zero-order valence-corrected chi connectivity index (χ0v) is 25.8. The van der Waals surface area contributed by atoms with E-state index in [1.807, 2.05) is 0 Å². The van der Waals surface area contributed by atoms with Crippen LogP contribution in [0.4, 0.5) is 0 Å². The molecule has 2 saturated carbocycles. The van der Waals surface area contributed by atoms with E-state index in [0.29, 0.717) is 0 Å². The van der Waals surface area contributed by atoms with Crippen LogP contribution < -0.4 is 0 Å². The molecule has 5 fully saturated rings. The molecule has 0 spiro atoms. The number of esters is 1. The van der Waals surface area contributed by atoms with Gasteiger partial charge < -0.3 is 84.6 Å². The van der Waals surface area contributed by atoms with Gasteiger partial charge in [0, 0.05) is 25.7 Å². The lowest BCUT2D eigenvalue weighted by Gasteiger charge is -2.50. The third kappa shape index (κ3) is 7.93. The van der Waals surface area contributed by atoms with E-state index in [1.165, 1.54) is 0 Å². The molecule has 0 aromatic heterocycles. The summed E-state index contributed by atoms with van der Waals surface area (Å²) in [5.41, 5.74) is 0. The summed E-state index contributed by atoms with van der Waals surface area (Å²) in [6, 6.07) is 0. The quantitative estimate of drug-likeness (QED) is 0.0837. The fraction of sp³-hybridized carbons (Fsp3) is 0.966. The Kier molecular flexibility index (Phi) is 12.1. The van der Waals surface area contributed by atoms with Gasteiger partial charge in [-0.3, -0.25) is 4.79 Å². The van der Waals surface area contributed by atoms with Crippen molar-refractivity contribution in [2.45, 2.75) is 149 Å². The average molecular weight is 686 g/mol. The summed E-state index contributed by atoms with van der Waals surface area (Å²) in [4.78, 5) is 11.3. The highest BCUT2D eigenvalue weighted by molar-refractivity contribution is 5.65. The maximum atomic E-state index is 11.3. The number of aliphatic hydroxyl groups excluding tert-OH is 11. The Morgan fingerprint density at radius 1 is 0.681 bits per heavy atom. The van der Waals surface area contributed by atoms with Crippen LogP contribution in [-0.2, 0) is 28.5 Å². The zero-order chi connectivity index (χ0) is 34.3. The van der Waals surface area contributed by atoms with Gasteiger partial charge in [0.25, 0.3) is 0 Å². The molecule has 47 heavy (non-hydrogen) atoms. The Bertz CT molecular complexity index is 1020. The Balaban J connectivity index is 1.38. The van der Waals surface area contributed by atoms with E-state index in [9.17, 15) is 61.0 Å². The van der Waals surface area contributed by atoms with Crippen molar-refractivity contribution in [2.75, 3.05) is 13.2 Å². The van der Waals surface area contributed by atoms with Crippen molar-refractivity contribution in [1.82, 2.24) is 0 Å². The van der Waals surface area contributed by atoms with Crippen molar-refractivity contribution in [3.63, 3.8) is 0 Å². The van der Waals surface area contributed by atoms with Crippen molar-refractivity contribution in [3.8, 4) is 0 Å². The molecule has 0 radical (unpaired) electrons. The first-order valence-electron chi connectivity index (χ1n) is 16.1. The molecule has 18 nitrogen and oxygen atoms in total. The van der Waals surface area contributed by atoms with Gasteiger partial charge in [0.2, 0.25) is 0 Å². The Morgan fingerprint density at radius 2 is 1.23 bits per heavy atom. The third-order valence-electron chi connectivity index (χ3n) is 10.2. The number of carbonyl (C=O) groups excluding carboxylic acids is 1. The lowest BCUT2D eigenvalue weighted by atomic mass is 9.72. The molecule has 3 aliphatic heterocycles. The van der Waals surface area contributed by atoms with Gasteiger partial charge in [-0.05, 0) is 19.3 Å². The molecule has 2 aliphatic carbocycles. The number of hydrogen-bond donors (Lipinski definition) is 11. The van der Waals surface area contributed by atoms with E-state index in [4.69, 9.17) is 28.4 Å². The van der Waals surface area contributed by atoms with Gasteiger partial charge in [0.1, 0.15) is 67.6 Å². The number of rotatable bonds is 8. The van der Waals surface area contributed by atoms with E-state index < -0.39 is 141 Å². The minimum Gasteiger partial charge on any atom is -0.463 e. The molecular formula is C29H49O18+. The topological polar surface area (TPSA) is 299 Å². The van der Waals surface area contributed by atoms with Crippen LogP contribution in [0, 0.1) is 11.8 Å². The molecular weight excluding hydrogens is 636 g/mol. The number of carbonyl (C=O) groups is 1. The first-order valence-corrected chi connectivity index (χ1v) is 16.1. The monoisotopic (exact) mass is 685 g/mol. The smallest absolute Gasteiger partial charge is 0.302 e. The largest absolute Gasteiger partial charge is 0.463 e. The first kappa shape index (κ1) is 37.1. The highest BCUT2D eigenvalue weighted by Crippen LogP contribution is 2.44. The molecule has 12 N–H and O–H groups in total. The minimum atomic E-state index is -1.73. The average Bonchev–Trinajstić information content (AvgIpc) is 3.03. The second-order valence-corrected chi connectivity index (χ2v) is 13.5. The van der Waals surface area contributed by atoms with Gasteiger partial charge in [0.05, 0.1) is 36.9 Å². The number of aliphatic hydroxyl groups is 13. The van der Waals surface area contributed by atoms with Crippen molar-refractivity contribution < 1.29 is 89.4 Å². The highest BCUT2D eigenvalue weighted by Gasteiger charge is 2.57. The molecule has 5 aliphatic rings. The molecule has 3 heterocycles. The minimum absolute atomic E-state index is 0.0346. The molecule has 5 rings (SSSR count). The van der Waals surface area contributed by atoms with Crippen LogP contribution >= 0.6 is 0 Å². The SMILES string of the molecule is CC(=O)OCC1OC(OC2CC(O)CC3[OH+]C(C4CC(O)C(O)C(O)C4)C(OC4OC(CO)C(O)C(O)C4O)CC23)C(O)C(O)C1O. The number of ether oxygens (including phenoxy) is 6. The Hall–Kier alpha value is -1.17. The van der Waals surface area contributed by atoms with Gasteiger partial charge in [-0.2, -0.15) is 0 Å². The molecule has 18 atom stereocenters. The van der Waals surface area contributed by atoms with Crippen molar-refractivity contribution in [2.24, 2.45) is 11.8 Å². The predicted octanol–water partition coefficient (Wildman–Crippen LogP) is -6.14. The van der Waals surface area contributed by atoms with Crippen LogP contribution in [-0.4, -0.2) is 190 Å². The van der Waals surface area contributed by atoms with E-state index in [2.05, 4.69) is 0 Å². The van der Waals surface area contributed by atoms with Gasteiger partial charge in [-0.1, -0.05) is 0 Å². The summed E-state index contributed by atoms with van der Waals surface area (Å²) in [6.07, 6.45) is -23.3. The zero-order valence-electron chi connectivity index (χ0n) is 25.8. The van der Waals surface area contributed by atoms with Crippen molar-refractivity contribution >= 4 is 5.97 Å². The van der Waals surface area contributed by atoms with Crippen LogP contribution in [0.1, 0.15) is 39.0 Å². The summed E-state index contributed by atoms with van der Waals surface area (Å²) in [5, 5.41) is 115. The summed E-state index contributed by atoms with van der Waals surface area (Å²) in [6.45, 7) is 0.0278. The second-order valence-electron chi connectivity index (χ2n) is 13.5. The summed E-state index contributed by atoms with van der Waals surface area (Å²) in [7, 11) is 0. The molecule has 272 valence electrons. The van der Waals surface area contributed by atoms with Crippen LogP contribution in [0.25, 0.3) is 0 Å². The van der Waals surface area contributed by atoms with E-state index in [1.54, 1.807) is 0 Å². The number of fused-ring (bicyclic) bond motifs is 1. The lowest BCUT2D eigenvalue weighted by Crippen LogP contribution is -2.64. The van der Waals surface area contributed by atoms with E-state index in [-0.39, 0.29) is 32.1 Å². The predicted molar refractivity (Wildman–Crippen MR) is 151 cm³/mol. The second kappa shape index (κ2) is 15.4. The van der Waals surface area contributed by atoms with Crippen molar-refractivity contribution in [1.29, 1.82) is 0 Å². The van der Waals surface area contributed by atoms with Crippen molar-refractivity contribution in [3.05, 3.63) is 0 Å². The van der Waals surface area contributed by atoms with E-state index >= 15 is 0 Å². The van der Waals surface area contributed by atoms with Crippen LogP contribution in [0.15, 0.2) is 0 Å². The van der Waals surface area contributed by atoms with Crippen LogP contribution in [0.3, 0.4) is 0 Å². The van der Waals surface area contributed by atoms with Crippen LogP contribution in [0.5, 0.6) is 0 Å². The molecule has 0 aromatic carbocycles. The Morgan fingerprint density at radius 3 is 1.81 bits per heavy atom. The summed E-state index contributed by atoms with van der Waals surface area (Å²) in [5.74, 6) is -1.74. The molecule has 0 aromatic rings. The maximum Gasteiger partial charge on any atom is 0.302 e. The number of hydrogen-bond acceptors (Lipinski definition) is 17. The van der Waals surface area contributed by atoms with Gasteiger partial charge in [-0.25, -0.2) is 0 Å². The summed E-state index contributed by atoms with van der Waals surface area (Å²) >= 11 is 0. The first-order chi connectivity index (χ1) is 22.2. The molecule has 0 bridgehead atoms. The fourth-order valence-corrected chi connectivity index (χ4v) is 7.58. The fourth-order valence-electron chi connectivity index (χ4n) is 7.58. The Labute approximate surface area is 270 Å². The van der Waals surface area contributed by atoms with Gasteiger partial charge >= 0.3 is 5.97 Å². The van der Waals surface area contributed by atoms with Gasteiger partial charge in [-0.15, -0.1) is 0 Å². The summed E-state index contributed by atoms with van der Waals surface area (Å²) < 4.78 is 33.5. The molecule has 18 unspecified atom stereocenters. The maximum absolute atomic E-state index is 11.3. The molecule has 0 amide bonds. The lowest BCUT2D eigenvalue weighted by molar-refractivity contribution is -0.368. The normalized spacial score (nSPS) is 52.4.